The molecule has 1 atom stereocenters. The first-order valence-electron chi connectivity index (χ1n) is 9.19. The molecule has 0 saturated carbocycles. The van der Waals surface area contributed by atoms with E-state index in [1.165, 1.54) is 0 Å². The zero-order valence-corrected chi connectivity index (χ0v) is 15.4. The number of nitrogens with one attached hydrogen (secondary N) is 1. The second-order valence-electron chi connectivity index (χ2n) is 7.18. The summed E-state index contributed by atoms with van der Waals surface area (Å²) in [6.45, 7) is 5.94. The molecule has 1 aliphatic heterocycles. The minimum absolute atomic E-state index is 0.207. The van der Waals surface area contributed by atoms with E-state index >= 15 is 0 Å². The molecular formula is C22H28N2O. The molecule has 1 unspecified atom stereocenters. The molecule has 0 spiro atoms. The van der Waals surface area contributed by atoms with Crippen LogP contribution in [-0.4, -0.2) is 37.0 Å². The molecule has 1 saturated heterocycles. The van der Waals surface area contributed by atoms with Gasteiger partial charge in [-0.25, -0.2) is 0 Å². The molecule has 2 aromatic rings. The number of benzene rings is 2. The van der Waals surface area contributed by atoms with E-state index in [9.17, 15) is 4.79 Å². The summed E-state index contributed by atoms with van der Waals surface area (Å²) in [5, 5.41) is 3.26. The van der Waals surface area contributed by atoms with Gasteiger partial charge in [-0.05, 0) is 45.0 Å². The van der Waals surface area contributed by atoms with Crippen molar-refractivity contribution < 1.29 is 4.79 Å². The van der Waals surface area contributed by atoms with Crippen LogP contribution in [0.4, 0.5) is 0 Å². The zero-order chi connectivity index (χ0) is 17.9. The SMILES string of the molecule is CNCCC1CN(C(C)C)C(=O)C1(c1ccccc1)c1ccccc1. The molecule has 0 radical (unpaired) electrons. The van der Waals surface area contributed by atoms with Crippen molar-refractivity contribution in [2.24, 2.45) is 5.92 Å². The Bertz CT molecular complexity index is 657. The van der Waals surface area contributed by atoms with Gasteiger partial charge in [-0.3, -0.25) is 4.79 Å². The van der Waals surface area contributed by atoms with Gasteiger partial charge in [0, 0.05) is 18.5 Å². The van der Waals surface area contributed by atoms with Gasteiger partial charge in [0.1, 0.15) is 5.41 Å². The maximum absolute atomic E-state index is 13.7. The maximum Gasteiger partial charge on any atom is 0.238 e. The average molecular weight is 336 g/mol. The lowest BCUT2D eigenvalue weighted by Crippen LogP contribution is -2.44. The third kappa shape index (κ3) is 2.98. The summed E-state index contributed by atoms with van der Waals surface area (Å²) in [4.78, 5) is 15.8. The predicted octanol–water partition coefficient (Wildman–Crippen LogP) is 3.45. The summed E-state index contributed by atoms with van der Waals surface area (Å²) < 4.78 is 0. The molecule has 25 heavy (non-hydrogen) atoms. The van der Waals surface area contributed by atoms with Crippen molar-refractivity contribution in [2.75, 3.05) is 20.1 Å². The monoisotopic (exact) mass is 336 g/mol. The summed E-state index contributed by atoms with van der Waals surface area (Å²) in [5.74, 6) is 0.487. The lowest BCUT2D eigenvalue weighted by Gasteiger charge is -2.34. The van der Waals surface area contributed by atoms with E-state index in [1.807, 2.05) is 43.4 Å². The highest BCUT2D eigenvalue weighted by Crippen LogP contribution is 2.47. The number of amides is 1. The van der Waals surface area contributed by atoms with Gasteiger partial charge in [-0.15, -0.1) is 0 Å². The molecule has 1 aliphatic rings. The van der Waals surface area contributed by atoms with Gasteiger partial charge in [0.05, 0.1) is 0 Å². The summed E-state index contributed by atoms with van der Waals surface area (Å²) >= 11 is 0. The van der Waals surface area contributed by atoms with E-state index < -0.39 is 5.41 Å². The lowest BCUT2D eigenvalue weighted by atomic mass is 9.66. The number of hydrogen-bond acceptors (Lipinski definition) is 2. The fraction of sp³-hybridized carbons (Fsp3) is 0.409. The summed E-state index contributed by atoms with van der Waals surface area (Å²) in [6, 6.07) is 20.9. The van der Waals surface area contributed by atoms with Gasteiger partial charge in [0.2, 0.25) is 5.91 Å². The molecule has 0 bridgehead atoms. The molecule has 132 valence electrons. The van der Waals surface area contributed by atoms with Gasteiger partial charge in [-0.2, -0.15) is 0 Å². The van der Waals surface area contributed by atoms with Gasteiger partial charge >= 0.3 is 0 Å². The predicted molar refractivity (Wildman–Crippen MR) is 103 cm³/mol. The second kappa shape index (κ2) is 7.40. The molecular weight excluding hydrogens is 308 g/mol. The van der Waals surface area contributed by atoms with Crippen molar-refractivity contribution >= 4 is 5.91 Å². The van der Waals surface area contributed by atoms with Crippen LogP contribution in [0.5, 0.6) is 0 Å². The van der Waals surface area contributed by atoms with Crippen molar-refractivity contribution in [3.63, 3.8) is 0 Å². The number of likely N-dealkylation sites (tertiary alicyclic amines) is 1. The van der Waals surface area contributed by atoms with Crippen LogP contribution in [0.2, 0.25) is 0 Å². The van der Waals surface area contributed by atoms with Crippen LogP contribution < -0.4 is 5.32 Å². The molecule has 0 aromatic heterocycles. The minimum Gasteiger partial charge on any atom is -0.339 e. The number of nitrogens with zero attached hydrogens (tertiary/aromatic N) is 1. The Kier molecular flexibility index (Phi) is 5.24. The van der Waals surface area contributed by atoms with E-state index in [4.69, 9.17) is 0 Å². The van der Waals surface area contributed by atoms with E-state index in [2.05, 4.69) is 48.3 Å². The third-order valence-electron chi connectivity index (χ3n) is 5.45. The van der Waals surface area contributed by atoms with Crippen LogP contribution in [0.1, 0.15) is 31.4 Å². The topological polar surface area (TPSA) is 32.3 Å². The lowest BCUT2D eigenvalue weighted by molar-refractivity contribution is -0.132. The standard InChI is InChI=1S/C22H28N2O/c1-17(2)24-16-20(14-15-23-3)22(21(24)25,18-10-6-4-7-11-18)19-12-8-5-9-13-19/h4-13,17,20,23H,14-16H2,1-3H3. The summed E-state index contributed by atoms with van der Waals surface area (Å²) in [6.07, 6.45) is 0.968. The van der Waals surface area contributed by atoms with Crippen LogP contribution in [0.3, 0.4) is 0 Å². The van der Waals surface area contributed by atoms with Crippen LogP contribution >= 0.6 is 0 Å². The Morgan fingerprint density at radius 1 is 1.04 bits per heavy atom. The van der Waals surface area contributed by atoms with Crippen LogP contribution in [0.25, 0.3) is 0 Å². The van der Waals surface area contributed by atoms with Crippen molar-refractivity contribution in [3.8, 4) is 0 Å². The first-order chi connectivity index (χ1) is 12.1. The van der Waals surface area contributed by atoms with Gasteiger partial charge < -0.3 is 10.2 Å². The Labute approximate surface area is 151 Å². The summed E-state index contributed by atoms with van der Waals surface area (Å²) in [5.41, 5.74) is 1.62. The highest BCUT2D eigenvalue weighted by atomic mass is 16.2. The fourth-order valence-electron chi connectivity index (χ4n) is 4.22. The third-order valence-corrected chi connectivity index (χ3v) is 5.45. The van der Waals surface area contributed by atoms with Gasteiger partial charge in [0.15, 0.2) is 0 Å². The fourth-order valence-corrected chi connectivity index (χ4v) is 4.22. The first-order valence-corrected chi connectivity index (χ1v) is 9.19. The van der Waals surface area contributed by atoms with Gasteiger partial charge in [-0.1, -0.05) is 60.7 Å². The molecule has 3 rings (SSSR count). The quantitative estimate of drug-likeness (QED) is 0.876. The molecule has 1 heterocycles. The number of hydrogen-bond donors (Lipinski definition) is 1. The molecule has 2 aromatic carbocycles. The maximum atomic E-state index is 13.7. The number of rotatable bonds is 6. The van der Waals surface area contributed by atoms with E-state index in [0.717, 1.165) is 30.6 Å². The minimum atomic E-state index is -0.594. The van der Waals surface area contributed by atoms with Crippen molar-refractivity contribution in [3.05, 3.63) is 71.8 Å². The number of carbonyl (C=O) groups excluding carboxylic acids is 1. The highest BCUT2D eigenvalue weighted by molar-refractivity contribution is 5.95. The normalized spacial score (nSPS) is 19.6. The van der Waals surface area contributed by atoms with Crippen molar-refractivity contribution in [1.29, 1.82) is 0 Å². The molecule has 1 fully saturated rings. The van der Waals surface area contributed by atoms with E-state index in [1.54, 1.807) is 0 Å². The van der Waals surface area contributed by atoms with Crippen LogP contribution in [0.15, 0.2) is 60.7 Å². The van der Waals surface area contributed by atoms with Gasteiger partial charge in [0.25, 0.3) is 0 Å². The molecule has 3 heteroatoms. The Morgan fingerprint density at radius 2 is 1.56 bits per heavy atom. The molecule has 0 aliphatic carbocycles. The average Bonchev–Trinajstić information content (AvgIpc) is 2.95. The van der Waals surface area contributed by atoms with E-state index in [-0.39, 0.29) is 17.9 Å². The Morgan fingerprint density at radius 3 is 2.00 bits per heavy atom. The second-order valence-corrected chi connectivity index (χ2v) is 7.18. The number of carbonyl (C=O) groups is 1. The van der Waals surface area contributed by atoms with Crippen molar-refractivity contribution in [2.45, 2.75) is 31.7 Å². The molecule has 1 N–H and O–H groups in total. The van der Waals surface area contributed by atoms with E-state index in [0.29, 0.717) is 0 Å². The Balaban J connectivity index is 2.21. The zero-order valence-electron chi connectivity index (χ0n) is 15.4. The first kappa shape index (κ1) is 17.7. The smallest absolute Gasteiger partial charge is 0.238 e. The van der Waals surface area contributed by atoms with Crippen LogP contribution in [-0.2, 0) is 10.2 Å². The molecule has 3 nitrogen and oxygen atoms in total. The van der Waals surface area contributed by atoms with Crippen LogP contribution in [0, 0.1) is 5.92 Å². The largest absolute Gasteiger partial charge is 0.339 e. The summed E-state index contributed by atoms with van der Waals surface area (Å²) in [7, 11) is 1.98. The molecule has 1 amide bonds. The Hall–Kier alpha value is -2.13. The van der Waals surface area contributed by atoms with Crippen molar-refractivity contribution in [1.82, 2.24) is 10.2 Å². The highest BCUT2D eigenvalue weighted by Gasteiger charge is 2.56.